The lowest BCUT2D eigenvalue weighted by Gasteiger charge is -2.39. The molecule has 2 saturated heterocycles. The summed E-state index contributed by atoms with van der Waals surface area (Å²) in [4.78, 5) is 47.4. The maximum Gasteiger partial charge on any atom is 0.256 e. The van der Waals surface area contributed by atoms with Gasteiger partial charge in [-0.3, -0.25) is 14.4 Å². The monoisotopic (exact) mass is 649 g/mol. The minimum Gasteiger partial charge on any atom is -0.358 e. The highest BCUT2D eigenvalue weighted by atomic mass is 35.5. The fourth-order valence-corrected chi connectivity index (χ4v) is 7.27. The van der Waals surface area contributed by atoms with E-state index in [4.69, 9.17) is 11.6 Å². The Kier molecular flexibility index (Phi) is 9.03. The molecule has 3 aromatic rings. The number of aryl methyl sites for hydroxylation is 1. The molecule has 1 aromatic heterocycles. The first-order valence-corrected chi connectivity index (χ1v) is 16.1. The minimum absolute atomic E-state index is 0.000496. The van der Waals surface area contributed by atoms with E-state index in [-0.39, 0.29) is 28.0 Å². The normalized spacial score (nSPS) is 18.6. The van der Waals surface area contributed by atoms with E-state index in [0.717, 1.165) is 68.3 Å². The van der Waals surface area contributed by atoms with Gasteiger partial charge in [0.25, 0.3) is 17.7 Å². The lowest BCUT2D eigenvalue weighted by atomic mass is 9.79. The number of benzene rings is 2. The molecule has 0 saturated carbocycles. The van der Waals surface area contributed by atoms with Crippen molar-refractivity contribution >= 4 is 46.7 Å². The summed E-state index contributed by atoms with van der Waals surface area (Å²) in [6.45, 7) is 7.12. The van der Waals surface area contributed by atoms with Crippen LogP contribution in [0.3, 0.4) is 0 Å². The van der Waals surface area contributed by atoms with Gasteiger partial charge in [-0.1, -0.05) is 11.6 Å². The van der Waals surface area contributed by atoms with E-state index in [9.17, 15) is 23.2 Å². The molecule has 0 spiro atoms. The Morgan fingerprint density at radius 3 is 2.39 bits per heavy atom. The summed E-state index contributed by atoms with van der Waals surface area (Å²) >= 11 is 5.77. The molecular weight excluding hydrogens is 612 g/mol. The Labute approximate surface area is 272 Å². The van der Waals surface area contributed by atoms with E-state index in [1.54, 1.807) is 18.2 Å². The number of rotatable bonds is 6. The number of carbonyl (C=O) groups excluding carboxylic acids is 3. The first-order valence-electron chi connectivity index (χ1n) is 15.8. The van der Waals surface area contributed by atoms with Crippen molar-refractivity contribution in [1.82, 2.24) is 20.1 Å². The number of nitrogens with one attached hydrogen (secondary N) is 3. The number of anilines is 1. The molecule has 0 bridgehead atoms. The van der Waals surface area contributed by atoms with E-state index in [1.807, 2.05) is 18.7 Å². The molecular formula is C35H38ClF2N5O3. The number of piperidine rings is 2. The minimum atomic E-state index is -0.928. The van der Waals surface area contributed by atoms with Crippen LogP contribution >= 0.6 is 11.6 Å². The van der Waals surface area contributed by atoms with Gasteiger partial charge >= 0.3 is 0 Å². The van der Waals surface area contributed by atoms with Gasteiger partial charge in [0.1, 0.15) is 11.6 Å². The first-order chi connectivity index (χ1) is 22.0. The average molecular weight is 650 g/mol. The topological polar surface area (TPSA) is 97.5 Å². The van der Waals surface area contributed by atoms with E-state index in [0.29, 0.717) is 34.0 Å². The SMILES string of the molecule is Cc1[nH]c(C=C2C(=O)Nc3ccc(C(=O)NCc4c(F)ccc(Cl)c4F)cc32)c(C)c1C(=O)N1CCC(C2CCN(C)CC2)CC1. The van der Waals surface area contributed by atoms with Crippen LogP contribution in [-0.4, -0.2) is 65.7 Å². The molecule has 4 heterocycles. The van der Waals surface area contributed by atoms with Gasteiger partial charge in [-0.05, 0) is 113 Å². The fourth-order valence-electron chi connectivity index (χ4n) is 7.09. The average Bonchev–Trinajstić information content (AvgIpc) is 3.51. The molecule has 0 aliphatic carbocycles. The van der Waals surface area contributed by atoms with Crippen molar-refractivity contribution in [3.05, 3.63) is 86.2 Å². The predicted octanol–water partition coefficient (Wildman–Crippen LogP) is 6.18. The zero-order valence-corrected chi connectivity index (χ0v) is 27.0. The molecule has 2 aromatic carbocycles. The number of amides is 3. The van der Waals surface area contributed by atoms with Gasteiger partial charge in [0.05, 0.1) is 16.2 Å². The van der Waals surface area contributed by atoms with Crippen LogP contribution < -0.4 is 10.6 Å². The highest BCUT2D eigenvalue weighted by Crippen LogP contribution is 2.36. The smallest absolute Gasteiger partial charge is 0.256 e. The van der Waals surface area contributed by atoms with Crippen LogP contribution in [0.4, 0.5) is 14.5 Å². The molecule has 46 heavy (non-hydrogen) atoms. The molecule has 242 valence electrons. The summed E-state index contributed by atoms with van der Waals surface area (Å²) in [7, 11) is 2.18. The van der Waals surface area contributed by atoms with Crippen molar-refractivity contribution in [3.8, 4) is 0 Å². The van der Waals surface area contributed by atoms with Crippen LogP contribution in [0.5, 0.6) is 0 Å². The van der Waals surface area contributed by atoms with Crippen molar-refractivity contribution in [2.24, 2.45) is 11.8 Å². The molecule has 11 heteroatoms. The zero-order valence-electron chi connectivity index (χ0n) is 26.2. The summed E-state index contributed by atoms with van der Waals surface area (Å²) in [6.07, 6.45) is 6.21. The van der Waals surface area contributed by atoms with Crippen LogP contribution in [0.2, 0.25) is 5.02 Å². The third-order valence-electron chi connectivity index (χ3n) is 9.86. The summed E-state index contributed by atoms with van der Waals surface area (Å²) in [5.41, 5.74) is 3.99. The second kappa shape index (κ2) is 13.0. The second-order valence-corrected chi connectivity index (χ2v) is 13.1. The Balaban J connectivity index is 1.17. The second-order valence-electron chi connectivity index (χ2n) is 12.7. The first kappa shape index (κ1) is 31.9. The molecule has 3 amide bonds. The summed E-state index contributed by atoms with van der Waals surface area (Å²) in [5.74, 6) is -1.25. The van der Waals surface area contributed by atoms with Gasteiger partial charge in [-0.25, -0.2) is 8.78 Å². The molecule has 0 radical (unpaired) electrons. The van der Waals surface area contributed by atoms with E-state index in [2.05, 4.69) is 27.6 Å². The van der Waals surface area contributed by atoms with E-state index >= 15 is 0 Å². The number of likely N-dealkylation sites (tertiary alicyclic amines) is 2. The molecule has 3 aliphatic heterocycles. The molecule has 3 N–H and O–H groups in total. The maximum absolute atomic E-state index is 14.3. The summed E-state index contributed by atoms with van der Waals surface area (Å²) < 4.78 is 28.5. The number of aromatic nitrogens is 1. The quantitative estimate of drug-likeness (QED) is 0.220. The van der Waals surface area contributed by atoms with Gasteiger partial charge in [0.15, 0.2) is 0 Å². The fraction of sp³-hybridized carbons (Fsp3) is 0.400. The predicted molar refractivity (Wildman–Crippen MR) is 175 cm³/mol. The van der Waals surface area contributed by atoms with Gasteiger partial charge < -0.3 is 25.4 Å². The Morgan fingerprint density at radius 2 is 1.70 bits per heavy atom. The Bertz CT molecular complexity index is 1740. The number of carbonyl (C=O) groups is 3. The Hall–Kier alpha value is -4.02. The number of halogens is 3. The van der Waals surface area contributed by atoms with Crippen LogP contribution in [-0.2, 0) is 11.3 Å². The zero-order chi connectivity index (χ0) is 32.7. The number of hydrogen-bond acceptors (Lipinski definition) is 4. The molecule has 0 atom stereocenters. The van der Waals surface area contributed by atoms with Crippen LogP contribution in [0.25, 0.3) is 11.6 Å². The third kappa shape index (κ3) is 6.20. The number of nitrogens with zero attached hydrogens (tertiary/aromatic N) is 2. The van der Waals surface area contributed by atoms with Crippen molar-refractivity contribution in [2.75, 3.05) is 38.5 Å². The lowest BCUT2D eigenvalue weighted by Crippen LogP contribution is -2.42. The number of hydrogen-bond donors (Lipinski definition) is 3. The van der Waals surface area contributed by atoms with Crippen molar-refractivity contribution in [2.45, 2.75) is 46.1 Å². The van der Waals surface area contributed by atoms with Gasteiger partial charge in [0.2, 0.25) is 0 Å². The highest BCUT2D eigenvalue weighted by molar-refractivity contribution is 6.35. The van der Waals surface area contributed by atoms with Crippen LogP contribution in [0, 0.1) is 37.3 Å². The molecule has 8 nitrogen and oxygen atoms in total. The van der Waals surface area contributed by atoms with Gasteiger partial charge in [-0.2, -0.15) is 0 Å². The molecule has 6 rings (SSSR count). The number of H-pyrrole nitrogens is 1. The van der Waals surface area contributed by atoms with Crippen molar-refractivity contribution in [1.29, 1.82) is 0 Å². The largest absolute Gasteiger partial charge is 0.358 e. The lowest BCUT2D eigenvalue weighted by molar-refractivity contribution is -0.110. The summed E-state index contributed by atoms with van der Waals surface area (Å²) in [5, 5.41) is 5.10. The van der Waals surface area contributed by atoms with Crippen LogP contribution in [0.15, 0.2) is 30.3 Å². The summed E-state index contributed by atoms with van der Waals surface area (Å²) in [6, 6.07) is 6.85. The van der Waals surface area contributed by atoms with Gasteiger partial charge in [-0.15, -0.1) is 0 Å². The van der Waals surface area contributed by atoms with E-state index in [1.165, 1.54) is 18.9 Å². The highest BCUT2D eigenvalue weighted by Gasteiger charge is 2.32. The van der Waals surface area contributed by atoms with Crippen molar-refractivity contribution < 1.29 is 23.2 Å². The molecule has 3 aliphatic rings. The standard InChI is InChI=1S/C35H38ClF2N5O3/c1-19-30(40-20(2)31(19)35(46)43-14-10-22(11-15-43)21-8-12-42(3)13-9-21)17-25-24-16-23(4-7-29(24)41-34(25)45)33(44)39-18-26-28(37)6-5-27(36)32(26)38/h4-7,16-17,21-22,40H,8-15,18H2,1-3H3,(H,39,44)(H,41,45). The molecule has 2 fully saturated rings. The van der Waals surface area contributed by atoms with Crippen molar-refractivity contribution in [3.63, 3.8) is 0 Å². The number of aromatic amines is 1. The maximum atomic E-state index is 14.3. The Morgan fingerprint density at radius 1 is 1.02 bits per heavy atom. The van der Waals surface area contributed by atoms with Gasteiger partial charge in [0, 0.05) is 53.4 Å². The third-order valence-corrected chi connectivity index (χ3v) is 10.2. The number of fused-ring (bicyclic) bond motifs is 1. The van der Waals surface area contributed by atoms with E-state index < -0.39 is 24.1 Å². The van der Waals surface area contributed by atoms with Crippen LogP contribution in [0.1, 0.15) is 74.5 Å². The molecule has 0 unspecified atom stereocenters.